The predicted molar refractivity (Wildman–Crippen MR) is 214 cm³/mol. The summed E-state index contributed by atoms with van der Waals surface area (Å²) in [5, 5.41) is 51.6. The maximum absolute atomic E-state index is 13.5. The smallest absolute Gasteiger partial charge is 0.328 e. The van der Waals surface area contributed by atoms with Gasteiger partial charge in [-0.3, -0.25) is 24.0 Å². The van der Waals surface area contributed by atoms with Crippen LogP contribution in [0.4, 0.5) is 0 Å². The van der Waals surface area contributed by atoms with Gasteiger partial charge in [-0.15, -0.1) is 0 Å². The second kappa shape index (κ2) is 32.7. The Balaban J connectivity index is 5.38. The highest BCUT2D eigenvalue weighted by Crippen LogP contribution is 2.13. The highest BCUT2D eigenvalue weighted by atomic mass is 16.4. The van der Waals surface area contributed by atoms with Gasteiger partial charge >= 0.3 is 5.97 Å². The summed E-state index contributed by atoms with van der Waals surface area (Å²) in [4.78, 5) is 77.3. The molecule has 0 saturated heterocycles. The number of carboxylic acid groups (broad SMARTS) is 1. The summed E-state index contributed by atoms with van der Waals surface area (Å²) in [6, 6.07) is -7.25. The normalized spacial score (nSPS) is 15.0. The molecule has 0 saturated carbocycles. The Morgan fingerprint density at radius 1 is 0.500 bits per heavy atom. The molecule has 0 rings (SSSR count). The third-order valence-electron chi connectivity index (χ3n) is 9.61. The Morgan fingerprint density at radius 3 is 1.29 bits per heavy atom. The van der Waals surface area contributed by atoms with E-state index in [0.717, 1.165) is 19.3 Å². The van der Waals surface area contributed by atoms with Crippen LogP contribution in [0.2, 0.25) is 0 Å². The topological polar surface area (TPSA) is 296 Å². The summed E-state index contributed by atoms with van der Waals surface area (Å²) in [7, 11) is 0. The number of unbranched alkanes of at least 4 members (excludes halogenated alkanes) is 14. The number of aliphatic hydroxyl groups is 3. The first-order valence-electron chi connectivity index (χ1n) is 20.8. The fourth-order valence-corrected chi connectivity index (χ4v) is 6.12. The summed E-state index contributed by atoms with van der Waals surface area (Å²) in [6.45, 7) is 4.43. The Kier molecular flexibility index (Phi) is 30.7. The van der Waals surface area contributed by atoms with Crippen LogP contribution in [0.5, 0.6) is 0 Å². The molecule has 0 spiro atoms. The number of aliphatic hydroxyl groups excluding tert-OH is 3. The van der Waals surface area contributed by atoms with E-state index in [1.54, 1.807) is 0 Å². The second-order valence-corrected chi connectivity index (χ2v) is 14.8. The standard InChI is InChI=1S/C39H75N7O10/c1-4-5-6-7-8-9-10-11-12-13-14-15-16-23-32(50)42-29(21-17-19-24-40)36(52)45-34(28(3)49)38(54)46-33(27(2)48)37(53)43-30(22-18-20-25-41)35(51)44-31(26-47)39(55)56/h27-31,33-34,47-49H,4-26,40-41H2,1-3H3,(H,42,50)(H,43,53)(H,44,51)(H,45,52)(H,46,54)(H,55,56)/t27?,28?,29-,30-,31-,33-,34-/m0/s1. The Labute approximate surface area is 333 Å². The van der Waals surface area contributed by atoms with E-state index < -0.39 is 78.6 Å². The fourth-order valence-electron chi connectivity index (χ4n) is 6.12. The molecule has 56 heavy (non-hydrogen) atoms. The molecule has 0 aromatic heterocycles. The predicted octanol–water partition coefficient (Wildman–Crippen LogP) is 0.988. The number of carbonyl (C=O) groups excluding carboxylic acids is 5. The van der Waals surface area contributed by atoms with E-state index in [2.05, 4.69) is 33.5 Å². The van der Waals surface area contributed by atoms with Crippen molar-refractivity contribution in [2.45, 2.75) is 192 Å². The van der Waals surface area contributed by atoms with E-state index in [-0.39, 0.29) is 31.7 Å². The number of carboxylic acids is 1. The van der Waals surface area contributed by atoms with Gasteiger partial charge in [0, 0.05) is 6.42 Å². The Hall–Kier alpha value is -3.38. The van der Waals surface area contributed by atoms with Crippen molar-refractivity contribution >= 4 is 35.5 Å². The molecule has 0 aliphatic rings. The monoisotopic (exact) mass is 802 g/mol. The Bertz CT molecular complexity index is 1130. The minimum absolute atomic E-state index is 0.0238. The molecule has 0 aromatic rings. The molecule has 0 bridgehead atoms. The first kappa shape index (κ1) is 52.6. The third-order valence-corrected chi connectivity index (χ3v) is 9.61. The lowest BCUT2D eigenvalue weighted by atomic mass is 10.0. The van der Waals surface area contributed by atoms with Crippen LogP contribution in [-0.4, -0.2) is 118 Å². The van der Waals surface area contributed by atoms with Crippen LogP contribution in [0, 0.1) is 0 Å². The van der Waals surface area contributed by atoms with Crippen molar-refractivity contribution in [1.29, 1.82) is 0 Å². The van der Waals surface area contributed by atoms with E-state index in [9.17, 15) is 49.2 Å². The molecule has 0 aromatic carbocycles. The van der Waals surface area contributed by atoms with E-state index in [0.29, 0.717) is 38.6 Å². The van der Waals surface area contributed by atoms with Gasteiger partial charge in [-0.25, -0.2) is 4.79 Å². The van der Waals surface area contributed by atoms with Gasteiger partial charge in [-0.05, 0) is 71.9 Å². The summed E-state index contributed by atoms with van der Waals surface area (Å²) >= 11 is 0. The van der Waals surface area contributed by atoms with Crippen LogP contribution in [0.25, 0.3) is 0 Å². The average molecular weight is 802 g/mol. The van der Waals surface area contributed by atoms with Crippen LogP contribution in [-0.2, 0) is 28.8 Å². The minimum Gasteiger partial charge on any atom is -0.480 e. The van der Waals surface area contributed by atoms with Crippen LogP contribution >= 0.6 is 0 Å². The number of nitrogens with two attached hydrogens (primary N) is 2. The lowest BCUT2D eigenvalue weighted by Gasteiger charge is -2.29. The van der Waals surface area contributed by atoms with Crippen molar-refractivity contribution in [2.24, 2.45) is 11.5 Å². The molecular weight excluding hydrogens is 726 g/mol. The van der Waals surface area contributed by atoms with Crippen molar-refractivity contribution in [3.05, 3.63) is 0 Å². The number of amides is 5. The van der Waals surface area contributed by atoms with E-state index >= 15 is 0 Å². The van der Waals surface area contributed by atoms with Gasteiger partial charge in [0.05, 0.1) is 18.8 Å². The van der Waals surface area contributed by atoms with Gasteiger partial charge in [-0.2, -0.15) is 0 Å². The van der Waals surface area contributed by atoms with Crippen LogP contribution in [0.3, 0.4) is 0 Å². The van der Waals surface area contributed by atoms with Crippen molar-refractivity contribution < 1.29 is 49.2 Å². The van der Waals surface area contributed by atoms with Gasteiger partial charge in [-0.1, -0.05) is 84.0 Å². The summed E-state index contributed by atoms with van der Waals surface area (Å²) in [5.74, 6) is -5.49. The maximum atomic E-state index is 13.5. The molecular formula is C39H75N7O10. The van der Waals surface area contributed by atoms with Crippen molar-refractivity contribution in [1.82, 2.24) is 26.6 Å². The first-order chi connectivity index (χ1) is 26.7. The SMILES string of the molecule is CCCCCCCCCCCCCCCC(=O)N[C@@H](CCCCN)C(=O)N[C@H](C(=O)N[C@H](C(=O)N[C@@H](CCCCN)C(=O)N[C@@H](CO)C(=O)O)C(C)O)C(C)O. The molecule has 13 N–H and O–H groups in total. The molecule has 326 valence electrons. The molecule has 2 unspecified atom stereocenters. The molecule has 17 heteroatoms. The average Bonchev–Trinajstić information content (AvgIpc) is 3.15. The van der Waals surface area contributed by atoms with Crippen LogP contribution < -0.4 is 38.1 Å². The molecule has 0 aliphatic heterocycles. The number of hydrogen-bond donors (Lipinski definition) is 11. The second-order valence-electron chi connectivity index (χ2n) is 14.8. The van der Waals surface area contributed by atoms with E-state index in [1.165, 1.54) is 71.6 Å². The molecule has 5 amide bonds. The van der Waals surface area contributed by atoms with Crippen LogP contribution in [0.15, 0.2) is 0 Å². The van der Waals surface area contributed by atoms with Crippen molar-refractivity contribution in [2.75, 3.05) is 19.7 Å². The molecule has 0 heterocycles. The maximum Gasteiger partial charge on any atom is 0.328 e. The zero-order valence-corrected chi connectivity index (χ0v) is 34.2. The van der Waals surface area contributed by atoms with Gasteiger partial charge in [0.25, 0.3) is 0 Å². The highest BCUT2D eigenvalue weighted by molar-refractivity contribution is 5.96. The molecule has 0 aliphatic carbocycles. The Morgan fingerprint density at radius 2 is 0.875 bits per heavy atom. The summed E-state index contributed by atoms with van der Waals surface area (Å²) < 4.78 is 0. The third kappa shape index (κ3) is 24.3. The number of hydrogen-bond acceptors (Lipinski definition) is 11. The van der Waals surface area contributed by atoms with Gasteiger partial charge < -0.3 is 58.5 Å². The highest BCUT2D eigenvalue weighted by Gasteiger charge is 2.35. The van der Waals surface area contributed by atoms with E-state index in [4.69, 9.17) is 11.5 Å². The number of carbonyl (C=O) groups is 6. The fraction of sp³-hybridized carbons (Fsp3) is 0.846. The quantitative estimate of drug-likeness (QED) is 0.0400. The summed E-state index contributed by atoms with van der Waals surface area (Å²) in [6.07, 6.45) is 14.6. The lowest BCUT2D eigenvalue weighted by molar-refractivity contribution is -0.143. The van der Waals surface area contributed by atoms with Crippen LogP contribution in [0.1, 0.15) is 149 Å². The van der Waals surface area contributed by atoms with Gasteiger partial charge in [0.15, 0.2) is 0 Å². The first-order valence-corrected chi connectivity index (χ1v) is 20.8. The van der Waals surface area contributed by atoms with Crippen molar-refractivity contribution in [3.8, 4) is 0 Å². The molecule has 0 radical (unpaired) electrons. The zero-order chi connectivity index (χ0) is 42.3. The van der Waals surface area contributed by atoms with E-state index in [1.807, 2.05) is 0 Å². The zero-order valence-electron chi connectivity index (χ0n) is 34.2. The molecule has 7 atom stereocenters. The van der Waals surface area contributed by atoms with Gasteiger partial charge in [0.1, 0.15) is 30.2 Å². The molecule has 0 fully saturated rings. The minimum atomic E-state index is -1.67. The number of nitrogens with one attached hydrogen (secondary N) is 5. The largest absolute Gasteiger partial charge is 0.480 e. The number of aliphatic carboxylic acids is 1. The lowest BCUT2D eigenvalue weighted by Crippen LogP contribution is -2.62. The molecule has 17 nitrogen and oxygen atoms in total. The van der Waals surface area contributed by atoms with Crippen molar-refractivity contribution in [3.63, 3.8) is 0 Å². The van der Waals surface area contributed by atoms with Gasteiger partial charge in [0.2, 0.25) is 29.5 Å². The number of rotatable bonds is 35. The summed E-state index contributed by atoms with van der Waals surface area (Å²) in [5.41, 5.74) is 11.2.